The summed E-state index contributed by atoms with van der Waals surface area (Å²) in [5.41, 5.74) is 2.27. The summed E-state index contributed by atoms with van der Waals surface area (Å²) in [7, 11) is 0. The lowest BCUT2D eigenvalue weighted by molar-refractivity contribution is 0.168. The molecule has 3 heteroatoms. The Kier molecular flexibility index (Phi) is 4.16. The van der Waals surface area contributed by atoms with Crippen molar-refractivity contribution in [2.24, 2.45) is 0 Å². The zero-order valence-electron chi connectivity index (χ0n) is 8.77. The van der Waals surface area contributed by atoms with Crippen molar-refractivity contribution in [2.45, 2.75) is 18.9 Å². The first kappa shape index (κ1) is 11.8. The molecule has 2 rings (SSSR count). The summed E-state index contributed by atoms with van der Waals surface area (Å²) in [5, 5.41) is 14.2. The third-order valence-electron chi connectivity index (χ3n) is 2.56. The van der Waals surface area contributed by atoms with Crippen LogP contribution in [0.3, 0.4) is 0 Å². The van der Waals surface area contributed by atoms with Crippen molar-refractivity contribution >= 4 is 27.3 Å². The first-order valence-electron chi connectivity index (χ1n) is 5.21. The summed E-state index contributed by atoms with van der Waals surface area (Å²) in [5.74, 6) is 0. The van der Waals surface area contributed by atoms with Gasteiger partial charge in [0.1, 0.15) is 0 Å². The molecule has 0 aliphatic rings. The van der Waals surface area contributed by atoms with Crippen LogP contribution in [-0.4, -0.2) is 5.11 Å². The Bertz CT molecular complexity index is 438. The van der Waals surface area contributed by atoms with Gasteiger partial charge in [-0.3, -0.25) is 0 Å². The van der Waals surface area contributed by atoms with E-state index in [0.29, 0.717) is 0 Å². The summed E-state index contributed by atoms with van der Waals surface area (Å²) in [4.78, 5) is 0. The maximum Gasteiger partial charge on any atom is 0.0793 e. The van der Waals surface area contributed by atoms with E-state index in [9.17, 15) is 5.11 Å². The highest BCUT2D eigenvalue weighted by atomic mass is 79.9. The van der Waals surface area contributed by atoms with E-state index in [4.69, 9.17) is 0 Å². The van der Waals surface area contributed by atoms with Gasteiger partial charge in [-0.1, -0.05) is 30.3 Å². The van der Waals surface area contributed by atoms with Crippen molar-refractivity contribution in [3.05, 3.63) is 56.7 Å². The molecule has 0 bridgehead atoms. The van der Waals surface area contributed by atoms with Gasteiger partial charge in [-0.15, -0.1) is 0 Å². The fourth-order valence-electron chi connectivity index (χ4n) is 1.62. The van der Waals surface area contributed by atoms with Crippen molar-refractivity contribution in [1.82, 2.24) is 0 Å². The van der Waals surface area contributed by atoms with E-state index in [0.717, 1.165) is 22.9 Å². The van der Waals surface area contributed by atoms with Gasteiger partial charge in [0.15, 0.2) is 0 Å². The average Bonchev–Trinajstić information content (AvgIpc) is 2.73. The molecular weight excluding hydrogens is 284 g/mol. The molecule has 1 aromatic heterocycles. The van der Waals surface area contributed by atoms with Gasteiger partial charge in [0.25, 0.3) is 0 Å². The van der Waals surface area contributed by atoms with Crippen molar-refractivity contribution in [3.63, 3.8) is 0 Å². The number of aliphatic hydroxyl groups excluding tert-OH is 1. The largest absolute Gasteiger partial charge is 0.388 e. The first-order valence-corrected chi connectivity index (χ1v) is 6.94. The highest BCUT2D eigenvalue weighted by Gasteiger charge is 2.08. The van der Waals surface area contributed by atoms with E-state index in [1.807, 2.05) is 30.3 Å². The Balaban J connectivity index is 1.94. The highest BCUT2D eigenvalue weighted by Crippen LogP contribution is 2.25. The predicted molar refractivity (Wildman–Crippen MR) is 71.7 cm³/mol. The van der Waals surface area contributed by atoms with E-state index < -0.39 is 0 Å². The van der Waals surface area contributed by atoms with Gasteiger partial charge in [-0.25, -0.2) is 0 Å². The third kappa shape index (κ3) is 2.94. The molecule has 0 amide bonds. The molecule has 0 radical (unpaired) electrons. The van der Waals surface area contributed by atoms with Crippen LogP contribution in [0.25, 0.3) is 0 Å². The molecule has 0 aliphatic carbocycles. The van der Waals surface area contributed by atoms with Crippen LogP contribution in [-0.2, 0) is 6.42 Å². The lowest BCUT2D eigenvalue weighted by Crippen LogP contribution is -1.99. The first-order chi connectivity index (χ1) is 7.77. The molecule has 2 aromatic rings. The summed E-state index contributed by atoms with van der Waals surface area (Å²) in [6, 6.07) is 9.81. The molecule has 0 saturated heterocycles. The Labute approximate surface area is 108 Å². The molecule has 1 unspecified atom stereocenters. The molecule has 0 saturated carbocycles. The number of thiophene rings is 1. The summed E-state index contributed by atoms with van der Waals surface area (Å²) >= 11 is 5.19. The Morgan fingerprint density at radius 1 is 1.19 bits per heavy atom. The Morgan fingerprint density at radius 3 is 2.56 bits per heavy atom. The van der Waals surface area contributed by atoms with Gasteiger partial charge in [0, 0.05) is 9.85 Å². The molecule has 0 aliphatic heterocycles. The summed E-state index contributed by atoms with van der Waals surface area (Å²) in [6.45, 7) is 0. The Hall–Kier alpha value is -0.640. The SMILES string of the molecule is OC(CCc1cscc1Br)c1ccccc1. The van der Waals surface area contributed by atoms with Crippen molar-refractivity contribution in [1.29, 1.82) is 0 Å². The summed E-state index contributed by atoms with van der Waals surface area (Å²) < 4.78 is 1.15. The number of halogens is 1. The summed E-state index contributed by atoms with van der Waals surface area (Å²) in [6.07, 6.45) is 1.30. The van der Waals surface area contributed by atoms with Gasteiger partial charge in [-0.2, -0.15) is 11.3 Å². The normalized spacial score (nSPS) is 12.6. The average molecular weight is 297 g/mol. The Morgan fingerprint density at radius 2 is 1.94 bits per heavy atom. The second-order valence-corrected chi connectivity index (χ2v) is 5.31. The molecule has 84 valence electrons. The van der Waals surface area contributed by atoms with Crippen LogP contribution in [0.4, 0.5) is 0 Å². The molecule has 1 atom stereocenters. The van der Waals surface area contributed by atoms with E-state index in [2.05, 4.69) is 26.7 Å². The molecule has 16 heavy (non-hydrogen) atoms. The van der Waals surface area contributed by atoms with E-state index in [-0.39, 0.29) is 6.10 Å². The quantitative estimate of drug-likeness (QED) is 0.897. The number of benzene rings is 1. The van der Waals surface area contributed by atoms with Crippen molar-refractivity contribution in [3.8, 4) is 0 Å². The van der Waals surface area contributed by atoms with Crippen LogP contribution in [0.2, 0.25) is 0 Å². The molecular formula is C13H13BrOS. The van der Waals surface area contributed by atoms with E-state index in [1.54, 1.807) is 11.3 Å². The maximum absolute atomic E-state index is 10.00. The molecule has 0 spiro atoms. The van der Waals surface area contributed by atoms with E-state index in [1.165, 1.54) is 5.56 Å². The predicted octanol–water partition coefficient (Wildman–Crippen LogP) is 4.18. The standard InChI is InChI=1S/C13H13BrOS/c14-12-9-16-8-11(12)6-7-13(15)10-4-2-1-3-5-10/h1-5,8-9,13,15H,6-7H2. The third-order valence-corrected chi connectivity index (χ3v) is 4.39. The van der Waals surface area contributed by atoms with Gasteiger partial charge in [0.2, 0.25) is 0 Å². The molecule has 0 fully saturated rings. The second kappa shape index (κ2) is 5.62. The number of hydrogen-bond acceptors (Lipinski definition) is 2. The van der Waals surface area contributed by atoms with Gasteiger partial charge in [-0.05, 0) is 45.3 Å². The zero-order chi connectivity index (χ0) is 11.4. The maximum atomic E-state index is 10.00. The van der Waals surface area contributed by atoms with Crippen LogP contribution in [0.5, 0.6) is 0 Å². The number of rotatable bonds is 4. The number of aryl methyl sites for hydroxylation is 1. The molecule has 1 heterocycles. The minimum atomic E-state index is -0.368. The minimum Gasteiger partial charge on any atom is -0.388 e. The molecule has 1 N–H and O–H groups in total. The van der Waals surface area contributed by atoms with Gasteiger partial charge < -0.3 is 5.11 Å². The lowest BCUT2D eigenvalue weighted by Gasteiger charge is -2.10. The van der Waals surface area contributed by atoms with Crippen LogP contribution >= 0.6 is 27.3 Å². The van der Waals surface area contributed by atoms with Crippen molar-refractivity contribution in [2.75, 3.05) is 0 Å². The van der Waals surface area contributed by atoms with Crippen molar-refractivity contribution < 1.29 is 5.11 Å². The minimum absolute atomic E-state index is 0.368. The smallest absolute Gasteiger partial charge is 0.0793 e. The topological polar surface area (TPSA) is 20.2 Å². The van der Waals surface area contributed by atoms with Gasteiger partial charge in [0.05, 0.1) is 6.10 Å². The second-order valence-electron chi connectivity index (χ2n) is 3.71. The number of hydrogen-bond donors (Lipinski definition) is 1. The fraction of sp³-hybridized carbons (Fsp3) is 0.231. The van der Waals surface area contributed by atoms with Crippen LogP contribution in [0.1, 0.15) is 23.7 Å². The van der Waals surface area contributed by atoms with Crippen LogP contribution < -0.4 is 0 Å². The molecule has 1 aromatic carbocycles. The van der Waals surface area contributed by atoms with E-state index >= 15 is 0 Å². The lowest BCUT2D eigenvalue weighted by atomic mass is 10.0. The van der Waals surface area contributed by atoms with Gasteiger partial charge >= 0.3 is 0 Å². The monoisotopic (exact) mass is 296 g/mol. The highest BCUT2D eigenvalue weighted by molar-refractivity contribution is 9.10. The molecule has 1 nitrogen and oxygen atoms in total. The zero-order valence-corrected chi connectivity index (χ0v) is 11.2. The number of aliphatic hydroxyl groups is 1. The fourth-order valence-corrected chi connectivity index (χ4v) is 3.16. The van der Waals surface area contributed by atoms with Crippen LogP contribution in [0, 0.1) is 0 Å². The van der Waals surface area contributed by atoms with Crippen LogP contribution in [0.15, 0.2) is 45.6 Å².